The highest BCUT2D eigenvalue weighted by Gasteiger charge is 2.15. The third-order valence-electron chi connectivity index (χ3n) is 2.96. The third-order valence-corrected chi connectivity index (χ3v) is 2.96. The molecule has 1 atom stereocenters. The van der Waals surface area contributed by atoms with Crippen molar-refractivity contribution in [1.29, 1.82) is 0 Å². The fourth-order valence-electron chi connectivity index (χ4n) is 2.11. The van der Waals surface area contributed by atoms with Gasteiger partial charge in [0.1, 0.15) is 0 Å². The molecule has 1 aliphatic rings. The van der Waals surface area contributed by atoms with Crippen molar-refractivity contribution >= 4 is 12.0 Å². The van der Waals surface area contributed by atoms with Crippen molar-refractivity contribution in [2.75, 3.05) is 26.2 Å². The van der Waals surface area contributed by atoms with Crippen LogP contribution in [0.25, 0.3) is 0 Å². The number of hydrogen-bond donors (Lipinski definition) is 3. The number of hydrogen-bond acceptors (Lipinski definition) is 3. The number of likely N-dealkylation sites (tertiary alicyclic amines) is 1. The number of carbonyl (C=O) groups excluding carboxylic acids is 1. The number of carbonyl (C=O) groups is 2. The van der Waals surface area contributed by atoms with Crippen LogP contribution in [0.15, 0.2) is 0 Å². The van der Waals surface area contributed by atoms with Crippen LogP contribution in [0.1, 0.15) is 32.6 Å². The molecule has 0 aliphatic carbocycles. The van der Waals surface area contributed by atoms with E-state index in [1.54, 1.807) is 0 Å². The van der Waals surface area contributed by atoms with Gasteiger partial charge in [-0.05, 0) is 39.3 Å². The maximum Gasteiger partial charge on any atom is 0.315 e. The summed E-state index contributed by atoms with van der Waals surface area (Å²) < 4.78 is 0. The van der Waals surface area contributed by atoms with Crippen LogP contribution in [-0.4, -0.2) is 54.2 Å². The number of amides is 2. The Morgan fingerprint density at radius 1 is 1.33 bits per heavy atom. The average molecular weight is 257 g/mol. The molecule has 1 saturated heterocycles. The van der Waals surface area contributed by atoms with Gasteiger partial charge in [0.2, 0.25) is 0 Å². The molecule has 1 rings (SSSR count). The molecule has 0 spiro atoms. The number of carboxylic acids is 1. The van der Waals surface area contributed by atoms with Crippen LogP contribution < -0.4 is 10.6 Å². The van der Waals surface area contributed by atoms with E-state index in [9.17, 15) is 9.59 Å². The van der Waals surface area contributed by atoms with E-state index in [2.05, 4.69) is 15.5 Å². The molecule has 104 valence electrons. The van der Waals surface area contributed by atoms with Crippen molar-refractivity contribution in [1.82, 2.24) is 15.5 Å². The van der Waals surface area contributed by atoms with Gasteiger partial charge in [0.25, 0.3) is 0 Å². The predicted octanol–water partition coefficient (Wildman–Crippen LogP) is 0.635. The van der Waals surface area contributed by atoms with Crippen LogP contribution in [0.2, 0.25) is 0 Å². The molecule has 0 aromatic rings. The van der Waals surface area contributed by atoms with Gasteiger partial charge in [-0.15, -0.1) is 0 Å². The summed E-state index contributed by atoms with van der Waals surface area (Å²) in [6, 6.07) is -0.102. The lowest BCUT2D eigenvalue weighted by atomic mass is 10.3. The molecule has 0 radical (unpaired) electrons. The summed E-state index contributed by atoms with van der Waals surface area (Å²) in [7, 11) is 0. The van der Waals surface area contributed by atoms with Gasteiger partial charge in [0, 0.05) is 25.6 Å². The highest BCUT2D eigenvalue weighted by Crippen LogP contribution is 2.07. The molecule has 2 amide bonds. The second kappa shape index (κ2) is 7.92. The standard InChI is InChI=1S/C12H23N3O3/c1-10(9-15-7-2-3-8-15)14-12(18)13-6-4-5-11(16)17/h10H,2-9H2,1H3,(H,16,17)(H2,13,14,18). The van der Waals surface area contributed by atoms with Gasteiger partial charge in [-0.2, -0.15) is 0 Å². The highest BCUT2D eigenvalue weighted by atomic mass is 16.4. The van der Waals surface area contributed by atoms with Gasteiger partial charge >= 0.3 is 12.0 Å². The smallest absolute Gasteiger partial charge is 0.315 e. The molecule has 3 N–H and O–H groups in total. The van der Waals surface area contributed by atoms with E-state index < -0.39 is 5.97 Å². The van der Waals surface area contributed by atoms with E-state index in [1.807, 2.05) is 6.92 Å². The Morgan fingerprint density at radius 2 is 2.00 bits per heavy atom. The van der Waals surface area contributed by atoms with Gasteiger partial charge in [0.15, 0.2) is 0 Å². The molecule has 1 fully saturated rings. The summed E-state index contributed by atoms with van der Waals surface area (Å²) in [5.41, 5.74) is 0. The lowest BCUT2D eigenvalue weighted by molar-refractivity contribution is -0.137. The van der Waals surface area contributed by atoms with Crippen LogP contribution in [0.3, 0.4) is 0 Å². The Morgan fingerprint density at radius 3 is 2.61 bits per heavy atom. The quantitative estimate of drug-likeness (QED) is 0.584. The average Bonchev–Trinajstić information content (AvgIpc) is 2.76. The van der Waals surface area contributed by atoms with Gasteiger partial charge in [-0.25, -0.2) is 4.79 Å². The SMILES string of the molecule is CC(CN1CCCC1)NC(=O)NCCCC(=O)O. The molecular weight excluding hydrogens is 234 g/mol. The fourth-order valence-corrected chi connectivity index (χ4v) is 2.11. The molecule has 0 aromatic heterocycles. The predicted molar refractivity (Wildman–Crippen MR) is 68.5 cm³/mol. The van der Waals surface area contributed by atoms with E-state index in [0.717, 1.165) is 19.6 Å². The molecule has 6 heteroatoms. The third kappa shape index (κ3) is 6.44. The maximum absolute atomic E-state index is 11.5. The topological polar surface area (TPSA) is 81.7 Å². The van der Waals surface area contributed by atoms with Gasteiger partial charge in [-0.1, -0.05) is 0 Å². The first-order valence-corrected chi connectivity index (χ1v) is 6.56. The monoisotopic (exact) mass is 257 g/mol. The minimum absolute atomic E-state index is 0.0869. The molecule has 0 bridgehead atoms. The first kappa shape index (κ1) is 14.8. The van der Waals surface area contributed by atoms with Crippen LogP contribution in [-0.2, 0) is 4.79 Å². The molecule has 1 unspecified atom stereocenters. The van der Waals surface area contributed by atoms with Crippen molar-refractivity contribution in [2.24, 2.45) is 0 Å². The van der Waals surface area contributed by atoms with Crippen LogP contribution in [0, 0.1) is 0 Å². The zero-order chi connectivity index (χ0) is 13.4. The summed E-state index contributed by atoms with van der Waals surface area (Å²) in [5, 5.41) is 14.0. The van der Waals surface area contributed by atoms with Gasteiger partial charge < -0.3 is 20.6 Å². The maximum atomic E-state index is 11.5. The number of carboxylic acid groups (broad SMARTS) is 1. The summed E-state index contributed by atoms with van der Waals surface area (Å²) in [6.07, 6.45) is 3.04. The lowest BCUT2D eigenvalue weighted by Gasteiger charge is -2.21. The second-order valence-corrected chi connectivity index (χ2v) is 4.81. The Bertz CT molecular complexity index is 278. The molecule has 6 nitrogen and oxygen atoms in total. The summed E-state index contributed by atoms with van der Waals surface area (Å²) in [5.74, 6) is -0.834. The fraction of sp³-hybridized carbons (Fsp3) is 0.833. The Labute approximate surface area is 108 Å². The largest absolute Gasteiger partial charge is 0.481 e. The first-order valence-electron chi connectivity index (χ1n) is 6.56. The summed E-state index contributed by atoms with van der Waals surface area (Å²) >= 11 is 0. The molecule has 0 saturated carbocycles. The Kier molecular flexibility index (Phi) is 6.49. The van der Waals surface area contributed by atoms with Crippen molar-refractivity contribution in [2.45, 2.75) is 38.6 Å². The second-order valence-electron chi connectivity index (χ2n) is 4.81. The van der Waals surface area contributed by atoms with Crippen LogP contribution in [0.5, 0.6) is 0 Å². The minimum atomic E-state index is -0.834. The summed E-state index contributed by atoms with van der Waals surface area (Å²) in [6.45, 7) is 5.49. The highest BCUT2D eigenvalue weighted by molar-refractivity contribution is 5.74. The van der Waals surface area contributed by atoms with E-state index in [4.69, 9.17) is 5.11 Å². The van der Waals surface area contributed by atoms with Crippen LogP contribution >= 0.6 is 0 Å². The molecule has 18 heavy (non-hydrogen) atoms. The molecule has 0 aromatic carbocycles. The van der Waals surface area contributed by atoms with E-state index in [-0.39, 0.29) is 18.5 Å². The Balaban J connectivity index is 2.05. The minimum Gasteiger partial charge on any atom is -0.481 e. The first-order chi connectivity index (χ1) is 8.58. The summed E-state index contributed by atoms with van der Waals surface area (Å²) in [4.78, 5) is 24.1. The van der Waals surface area contributed by atoms with E-state index in [0.29, 0.717) is 13.0 Å². The van der Waals surface area contributed by atoms with Crippen molar-refractivity contribution < 1.29 is 14.7 Å². The Hall–Kier alpha value is -1.30. The zero-order valence-corrected chi connectivity index (χ0v) is 10.9. The molecule has 1 heterocycles. The van der Waals surface area contributed by atoms with Crippen molar-refractivity contribution in [3.63, 3.8) is 0 Å². The van der Waals surface area contributed by atoms with Crippen molar-refractivity contribution in [3.8, 4) is 0 Å². The van der Waals surface area contributed by atoms with Crippen molar-refractivity contribution in [3.05, 3.63) is 0 Å². The van der Waals surface area contributed by atoms with E-state index in [1.165, 1.54) is 12.8 Å². The number of nitrogens with one attached hydrogen (secondary N) is 2. The number of rotatable bonds is 7. The zero-order valence-electron chi connectivity index (χ0n) is 10.9. The number of urea groups is 1. The van der Waals surface area contributed by atoms with E-state index >= 15 is 0 Å². The molecule has 1 aliphatic heterocycles. The van der Waals surface area contributed by atoms with Crippen LogP contribution in [0.4, 0.5) is 4.79 Å². The van der Waals surface area contributed by atoms with Gasteiger partial charge in [0.05, 0.1) is 0 Å². The normalized spacial score (nSPS) is 17.4. The number of nitrogens with zero attached hydrogens (tertiary/aromatic N) is 1. The number of aliphatic carboxylic acids is 1. The lowest BCUT2D eigenvalue weighted by Crippen LogP contribution is -2.45. The van der Waals surface area contributed by atoms with Gasteiger partial charge in [-0.3, -0.25) is 4.79 Å². The molecular formula is C12H23N3O3.